The summed E-state index contributed by atoms with van der Waals surface area (Å²) in [6.45, 7) is 4.85. The van der Waals surface area contributed by atoms with Gasteiger partial charge in [0.25, 0.3) is 11.8 Å². The molecule has 1 aromatic heterocycles. The van der Waals surface area contributed by atoms with Gasteiger partial charge in [0.2, 0.25) is 5.82 Å². The van der Waals surface area contributed by atoms with Crippen LogP contribution in [0.1, 0.15) is 49.9 Å². The van der Waals surface area contributed by atoms with Gasteiger partial charge in [-0.25, -0.2) is 19.4 Å². The minimum absolute atomic E-state index is 0.0458. The monoisotopic (exact) mass is 784 g/mol. The smallest absolute Gasteiger partial charge is 0.433 e. The molecule has 2 N–H and O–H groups in total. The van der Waals surface area contributed by atoms with Crippen LogP contribution in [0.3, 0.4) is 0 Å². The number of rotatable bonds is 9. The van der Waals surface area contributed by atoms with Crippen molar-refractivity contribution in [1.29, 1.82) is 0 Å². The van der Waals surface area contributed by atoms with Crippen molar-refractivity contribution in [3.05, 3.63) is 82.5 Å². The van der Waals surface area contributed by atoms with Crippen molar-refractivity contribution < 1.29 is 59.3 Å². The number of likely N-dealkylation sites (N-methyl/N-ethyl adjacent to an activating group) is 1. The van der Waals surface area contributed by atoms with Crippen LogP contribution in [0.2, 0.25) is 0 Å². The van der Waals surface area contributed by atoms with Crippen molar-refractivity contribution >= 4 is 17.5 Å². The summed E-state index contributed by atoms with van der Waals surface area (Å²) in [4.78, 5) is 36.7. The zero-order chi connectivity index (χ0) is 40.0. The van der Waals surface area contributed by atoms with Crippen LogP contribution in [0.4, 0.5) is 40.8 Å². The number of aliphatic hydroxyl groups is 1. The van der Waals surface area contributed by atoms with Crippen molar-refractivity contribution in [2.45, 2.75) is 69.6 Å². The van der Waals surface area contributed by atoms with Crippen molar-refractivity contribution in [3.63, 3.8) is 0 Å². The average Bonchev–Trinajstić information content (AvgIpc) is 3.09. The summed E-state index contributed by atoms with van der Waals surface area (Å²) < 4.78 is 123. The number of anilines is 1. The highest BCUT2D eigenvalue weighted by atomic mass is 19.4. The lowest BCUT2D eigenvalue weighted by atomic mass is 9.72. The lowest BCUT2D eigenvalue weighted by molar-refractivity contribution is -0.172. The Morgan fingerprint density at radius 2 is 1.69 bits per heavy atom. The minimum Gasteiger partial charge on any atom is -0.509 e. The molecule has 2 aliphatic heterocycles. The zero-order valence-corrected chi connectivity index (χ0v) is 29.7. The Morgan fingerprint density at radius 3 is 2.31 bits per heavy atom. The van der Waals surface area contributed by atoms with Gasteiger partial charge in [0, 0.05) is 36.8 Å². The zero-order valence-electron chi connectivity index (χ0n) is 29.7. The van der Waals surface area contributed by atoms with Gasteiger partial charge in [-0.1, -0.05) is 6.07 Å². The minimum atomic E-state index is -4.99. The number of morpholine rings is 1. The first-order chi connectivity index (χ1) is 25.8. The number of carbonyl (C=O) groups is 2. The van der Waals surface area contributed by atoms with E-state index in [2.05, 4.69) is 20.2 Å². The van der Waals surface area contributed by atoms with Gasteiger partial charge in [0.05, 0.1) is 42.2 Å². The Balaban J connectivity index is 1.27. The molecule has 2 fully saturated rings. The largest absolute Gasteiger partial charge is 0.509 e. The van der Waals surface area contributed by atoms with Crippen molar-refractivity contribution in [2.75, 3.05) is 38.7 Å². The summed E-state index contributed by atoms with van der Waals surface area (Å²) in [6.07, 6.45) is -8.45. The van der Waals surface area contributed by atoms with Crippen molar-refractivity contribution in [1.82, 2.24) is 24.9 Å². The second kappa shape index (κ2) is 15.0. The second-order valence-corrected chi connectivity index (χ2v) is 13.7. The molecule has 3 heterocycles. The molecule has 1 saturated heterocycles. The standard InChI is InChI=1S/C36H36F8N6O5/c1-19-16-54-17-20(2)49(19)11-12-55-26-8-5-21(29(37)30(26)38)15-50-33(53)28(31(51)34(48(50)3)9-4-10-34)32(52)47-24-7-6-22(35(39,40)41)13-23(24)25-14-27(36(42,43)44)46-18-45-25/h5-8,13-14,18-20,51H,4,9-12,15-17H2,1-3H3,(H,47,52)/t19-,20+. The van der Waals surface area contributed by atoms with E-state index in [1.165, 1.54) is 24.2 Å². The molecule has 2 amide bonds. The number of aliphatic hydroxyl groups excluding tert-OH is 1. The van der Waals surface area contributed by atoms with Gasteiger partial charge < -0.3 is 19.9 Å². The molecule has 19 heteroatoms. The molecular weight excluding hydrogens is 748 g/mol. The molecule has 1 spiro atoms. The first-order valence-corrected chi connectivity index (χ1v) is 17.2. The number of nitrogens with one attached hydrogen (secondary N) is 1. The van der Waals surface area contributed by atoms with Gasteiger partial charge in [0.15, 0.2) is 11.6 Å². The van der Waals surface area contributed by atoms with Gasteiger partial charge >= 0.3 is 12.4 Å². The van der Waals surface area contributed by atoms with Gasteiger partial charge in [-0.2, -0.15) is 30.7 Å². The SMILES string of the molecule is C[C@@H]1COC[C@H](C)N1CCOc1ccc(CN2C(=O)C(C(=O)Nc3ccc(C(F)(F)F)cc3-c3cc(C(F)(F)F)ncn3)=C(O)C3(CCC3)N2C)c(F)c1F. The molecule has 0 bridgehead atoms. The van der Waals surface area contributed by atoms with E-state index >= 15 is 8.78 Å². The average molecular weight is 785 g/mol. The lowest BCUT2D eigenvalue weighted by Crippen LogP contribution is -2.65. The van der Waals surface area contributed by atoms with Crippen LogP contribution >= 0.6 is 0 Å². The molecule has 6 rings (SSSR count). The Labute approximate surface area is 309 Å². The van der Waals surface area contributed by atoms with Crippen LogP contribution in [0.25, 0.3) is 11.3 Å². The number of nitrogens with zero attached hydrogens (tertiary/aromatic N) is 5. The first kappa shape index (κ1) is 39.8. The molecule has 2 atom stereocenters. The van der Waals surface area contributed by atoms with E-state index < -0.39 is 87.4 Å². The fourth-order valence-electron chi connectivity index (χ4n) is 7.03. The third-order valence-corrected chi connectivity index (χ3v) is 10.2. The second-order valence-electron chi connectivity index (χ2n) is 13.7. The number of aromatic nitrogens is 2. The van der Waals surface area contributed by atoms with Gasteiger partial charge in [-0.3, -0.25) is 19.5 Å². The Bertz CT molecular complexity index is 1990. The number of ether oxygens (including phenoxy) is 2. The van der Waals surface area contributed by atoms with Crippen LogP contribution in [0, 0.1) is 11.6 Å². The molecule has 55 heavy (non-hydrogen) atoms. The number of amides is 2. The first-order valence-electron chi connectivity index (χ1n) is 17.2. The number of benzene rings is 2. The van der Waals surface area contributed by atoms with Crippen molar-refractivity contribution in [2.24, 2.45) is 0 Å². The summed E-state index contributed by atoms with van der Waals surface area (Å²) in [6, 6.07) is 4.80. The number of hydrazine groups is 1. The van der Waals surface area contributed by atoms with E-state index in [1.54, 1.807) is 0 Å². The fourth-order valence-corrected chi connectivity index (χ4v) is 7.03. The number of hydrogen-bond acceptors (Lipinski definition) is 9. The fraction of sp³-hybridized carbons (Fsp3) is 0.444. The van der Waals surface area contributed by atoms with Gasteiger partial charge in [-0.05, 0) is 63.4 Å². The predicted molar refractivity (Wildman–Crippen MR) is 179 cm³/mol. The summed E-state index contributed by atoms with van der Waals surface area (Å²) in [5.74, 6) is -6.16. The van der Waals surface area contributed by atoms with E-state index in [4.69, 9.17) is 9.47 Å². The molecule has 1 aliphatic carbocycles. The quantitative estimate of drug-likeness (QED) is 0.185. The topological polar surface area (TPSA) is 120 Å². The molecule has 296 valence electrons. The molecule has 0 radical (unpaired) electrons. The number of carbonyl (C=O) groups excluding carboxylic acids is 2. The Hall–Kier alpha value is -4.88. The Kier molecular flexibility index (Phi) is 10.8. The number of hydrogen-bond donors (Lipinski definition) is 2. The molecule has 3 aromatic rings. The van der Waals surface area contributed by atoms with E-state index in [-0.39, 0.29) is 42.8 Å². The lowest BCUT2D eigenvalue weighted by Gasteiger charge is -2.54. The summed E-state index contributed by atoms with van der Waals surface area (Å²) in [5, 5.41) is 15.9. The van der Waals surface area contributed by atoms with Gasteiger partial charge in [-0.15, -0.1) is 0 Å². The molecule has 3 aliphatic rings. The third kappa shape index (κ3) is 7.69. The highest BCUT2D eigenvalue weighted by Crippen LogP contribution is 2.47. The third-order valence-electron chi connectivity index (χ3n) is 10.2. The maximum Gasteiger partial charge on any atom is 0.433 e. The maximum atomic E-state index is 15.6. The van der Waals surface area contributed by atoms with Crippen LogP contribution in [-0.2, 0) is 33.2 Å². The molecule has 2 aromatic carbocycles. The predicted octanol–water partition coefficient (Wildman–Crippen LogP) is 6.51. The van der Waals surface area contributed by atoms with E-state index in [0.29, 0.717) is 50.7 Å². The van der Waals surface area contributed by atoms with Crippen LogP contribution in [0.5, 0.6) is 5.75 Å². The number of halogens is 8. The summed E-state index contributed by atoms with van der Waals surface area (Å²) in [5.41, 5.74) is -6.95. The molecule has 1 saturated carbocycles. The summed E-state index contributed by atoms with van der Waals surface area (Å²) >= 11 is 0. The van der Waals surface area contributed by atoms with Crippen molar-refractivity contribution in [3.8, 4) is 17.0 Å². The summed E-state index contributed by atoms with van der Waals surface area (Å²) in [7, 11) is 1.42. The van der Waals surface area contributed by atoms with E-state index in [9.17, 15) is 41.0 Å². The van der Waals surface area contributed by atoms with Crippen LogP contribution in [-0.4, -0.2) is 92.8 Å². The van der Waals surface area contributed by atoms with Crippen LogP contribution in [0.15, 0.2) is 54.1 Å². The van der Waals surface area contributed by atoms with E-state index in [1.807, 2.05) is 13.8 Å². The van der Waals surface area contributed by atoms with Crippen LogP contribution < -0.4 is 10.1 Å². The molecule has 0 unspecified atom stereocenters. The van der Waals surface area contributed by atoms with E-state index in [0.717, 1.165) is 11.1 Å². The maximum absolute atomic E-state index is 15.6. The van der Waals surface area contributed by atoms with Gasteiger partial charge in [0.1, 0.15) is 30.0 Å². The molecule has 11 nitrogen and oxygen atoms in total. The molecular formula is C36H36F8N6O5. The highest BCUT2D eigenvalue weighted by Gasteiger charge is 2.55. The number of alkyl halides is 6. The Morgan fingerprint density at radius 1 is 1.00 bits per heavy atom. The normalized spacial score (nSPS) is 20.9. The highest BCUT2D eigenvalue weighted by molar-refractivity contribution is 6.24.